The summed E-state index contributed by atoms with van der Waals surface area (Å²) in [5.74, 6) is 4.23. The number of hydrogen-bond acceptors (Lipinski definition) is 7. The number of terminal acetylenes is 1. The summed E-state index contributed by atoms with van der Waals surface area (Å²) in [5, 5.41) is 25.6. The van der Waals surface area contributed by atoms with E-state index < -0.39 is 0 Å². The molecule has 2 aliphatic heterocycles. The standard InChI is InChI=1S/C26H25N5O2/c1-3-17-5-4-6-18-13-19(32)14-23(24(17)18)31-10-7-20-22(16-31)21(15-27)26(33-2)29-25(20)30-11-8-28-9-12-30/h1,4-6,13-14,28,32H,7-12,16H2,2H3. The molecule has 33 heavy (non-hydrogen) atoms. The molecule has 0 bridgehead atoms. The van der Waals surface area contributed by atoms with E-state index >= 15 is 0 Å². The summed E-state index contributed by atoms with van der Waals surface area (Å²) in [6.07, 6.45) is 6.54. The Morgan fingerprint density at radius 1 is 1.15 bits per heavy atom. The van der Waals surface area contributed by atoms with Gasteiger partial charge in [-0.3, -0.25) is 0 Å². The van der Waals surface area contributed by atoms with Gasteiger partial charge in [-0.2, -0.15) is 10.2 Å². The largest absolute Gasteiger partial charge is 0.508 e. The number of phenols is 1. The molecule has 1 aromatic heterocycles. The Morgan fingerprint density at radius 2 is 1.97 bits per heavy atom. The molecule has 2 N–H and O–H groups in total. The fourth-order valence-electron chi connectivity index (χ4n) is 4.95. The Labute approximate surface area is 193 Å². The summed E-state index contributed by atoms with van der Waals surface area (Å²) >= 11 is 0. The van der Waals surface area contributed by atoms with Gasteiger partial charge in [0.05, 0.1) is 7.11 Å². The van der Waals surface area contributed by atoms with Crippen molar-refractivity contribution in [3.05, 3.63) is 52.6 Å². The second-order valence-corrected chi connectivity index (χ2v) is 8.31. The third kappa shape index (κ3) is 3.57. The summed E-state index contributed by atoms with van der Waals surface area (Å²) < 4.78 is 5.54. The topological polar surface area (TPSA) is 84.7 Å². The second kappa shape index (κ2) is 8.54. The first-order chi connectivity index (χ1) is 16.1. The molecule has 0 saturated carbocycles. The van der Waals surface area contributed by atoms with Crippen LogP contribution in [0.2, 0.25) is 0 Å². The SMILES string of the molecule is C#Cc1cccc2cc(O)cc(N3CCc4c(N5CCNCC5)nc(OC)c(C#N)c4C3)c12. The molecule has 3 heterocycles. The molecule has 7 nitrogen and oxygen atoms in total. The first-order valence-corrected chi connectivity index (χ1v) is 11.1. The number of aromatic hydroxyl groups is 1. The molecule has 7 heteroatoms. The van der Waals surface area contributed by atoms with Crippen LogP contribution >= 0.6 is 0 Å². The van der Waals surface area contributed by atoms with E-state index in [9.17, 15) is 10.4 Å². The number of piperazine rings is 1. The zero-order valence-corrected chi connectivity index (χ0v) is 18.6. The second-order valence-electron chi connectivity index (χ2n) is 8.31. The van der Waals surface area contributed by atoms with Gasteiger partial charge in [0.15, 0.2) is 0 Å². The molecular formula is C26H25N5O2. The summed E-state index contributed by atoms with van der Waals surface area (Å²) in [4.78, 5) is 9.22. The van der Waals surface area contributed by atoms with Crippen LogP contribution in [0, 0.1) is 23.7 Å². The van der Waals surface area contributed by atoms with Gasteiger partial charge in [0.1, 0.15) is 23.2 Å². The third-order valence-corrected chi connectivity index (χ3v) is 6.50. The van der Waals surface area contributed by atoms with Crippen LogP contribution in [0.25, 0.3) is 10.8 Å². The van der Waals surface area contributed by atoms with Gasteiger partial charge in [0.25, 0.3) is 0 Å². The number of pyridine rings is 1. The fraction of sp³-hybridized carbons (Fsp3) is 0.308. The monoisotopic (exact) mass is 439 g/mol. The number of rotatable bonds is 3. The van der Waals surface area contributed by atoms with Crippen LogP contribution in [-0.4, -0.2) is 49.9 Å². The van der Waals surface area contributed by atoms with E-state index in [-0.39, 0.29) is 5.75 Å². The van der Waals surface area contributed by atoms with Gasteiger partial charge in [0, 0.05) is 73.1 Å². The molecule has 0 amide bonds. The van der Waals surface area contributed by atoms with Gasteiger partial charge < -0.3 is 25.0 Å². The number of nitrogens with zero attached hydrogens (tertiary/aromatic N) is 4. The van der Waals surface area contributed by atoms with E-state index in [2.05, 4.69) is 27.1 Å². The van der Waals surface area contributed by atoms with Crippen molar-refractivity contribution in [1.29, 1.82) is 5.26 Å². The van der Waals surface area contributed by atoms with Crippen LogP contribution in [0.3, 0.4) is 0 Å². The Bertz CT molecular complexity index is 1320. The number of hydrogen-bond donors (Lipinski definition) is 2. The lowest BCUT2D eigenvalue weighted by molar-refractivity contribution is 0.394. The van der Waals surface area contributed by atoms with Gasteiger partial charge in [-0.15, -0.1) is 6.42 Å². The van der Waals surface area contributed by atoms with Crippen LogP contribution in [-0.2, 0) is 13.0 Å². The van der Waals surface area contributed by atoms with E-state index in [0.29, 0.717) is 18.0 Å². The van der Waals surface area contributed by atoms with Crippen molar-refractivity contribution >= 4 is 22.3 Å². The average molecular weight is 440 g/mol. The van der Waals surface area contributed by atoms with Crippen molar-refractivity contribution in [2.24, 2.45) is 0 Å². The molecule has 2 aromatic carbocycles. The summed E-state index contributed by atoms with van der Waals surface area (Å²) in [7, 11) is 1.56. The van der Waals surface area contributed by atoms with Crippen LogP contribution in [0.1, 0.15) is 22.3 Å². The number of anilines is 2. The minimum atomic E-state index is 0.187. The third-order valence-electron chi connectivity index (χ3n) is 6.50. The summed E-state index contributed by atoms with van der Waals surface area (Å²) in [5.41, 5.74) is 4.15. The van der Waals surface area contributed by atoms with Gasteiger partial charge in [-0.1, -0.05) is 18.1 Å². The van der Waals surface area contributed by atoms with E-state index in [1.54, 1.807) is 19.2 Å². The highest BCUT2D eigenvalue weighted by molar-refractivity contribution is 6.00. The maximum atomic E-state index is 10.4. The van der Waals surface area contributed by atoms with Crippen LogP contribution in [0.15, 0.2) is 30.3 Å². The predicted octanol–water partition coefficient (Wildman–Crippen LogP) is 2.77. The molecule has 5 rings (SSSR count). The smallest absolute Gasteiger partial charge is 0.233 e. The van der Waals surface area contributed by atoms with Crippen LogP contribution < -0.4 is 19.9 Å². The Hall–Kier alpha value is -3.94. The minimum Gasteiger partial charge on any atom is -0.508 e. The molecule has 2 aliphatic rings. The highest BCUT2D eigenvalue weighted by atomic mass is 16.5. The average Bonchev–Trinajstić information content (AvgIpc) is 2.86. The number of phenolic OH excluding ortho intramolecular Hbond substituents is 1. The molecule has 0 atom stereocenters. The molecular weight excluding hydrogens is 414 g/mol. The number of aromatic nitrogens is 1. The summed E-state index contributed by atoms with van der Waals surface area (Å²) in [6.45, 7) is 4.75. The first kappa shape index (κ1) is 20.9. The number of methoxy groups -OCH3 is 1. The summed E-state index contributed by atoms with van der Waals surface area (Å²) in [6, 6.07) is 11.6. The number of fused-ring (bicyclic) bond motifs is 2. The fourth-order valence-corrected chi connectivity index (χ4v) is 4.95. The molecule has 166 valence electrons. The maximum Gasteiger partial charge on any atom is 0.233 e. The van der Waals surface area contributed by atoms with Crippen molar-refractivity contribution in [3.63, 3.8) is 0 Å². The molecule has 0 aliphatic carbocycles. The Kier molecular flexibility index (Phi) is 5.42. The van der Waals surface area contributed by atoms with E-state index in [1.807, 2.05) is 18.2 Å². The van der Waals surface area contributed by atoms with E-state index in [0.717, 1.165) is 78.1 Å². The molecule has 0 unspecified atom stereocenters. The van der Waals surface area contributed by atoms with Gasteiger partial charge in [0.2, 0.25) is 5.88 Å². The van der Waals surface area contributed by atoms with Crippen LogP contribution in [0.4, 0.5) is 11.5 Å². The van der Waals surface area contributed by atoms with E-state index in [4.69, 9.17) is 16.1 Å². The highest BCUT2D eigenvalue weighted by Gasteiger charge is 2.30. The minimum absolute atomic E-state index is 0.187. The number of benzene rings is 2. The van der Waals surface area contributed by atoms with Crippen molar-refractivity contribution in [1.82, 2.24) is 10.3 Å². The van der Waals surface area contributed by atoms with E-state index in [1.165, 1.54) is 0 Å². The lowest BCUT2D eigenvalue weighted by Gasteiger charge is -2.36. The quantitative estimate of drug-likeness (QED) is 0.607. The molecule has 3 aromatic rings. The first-order valence-electron chi connectivity index (χ1n) is 11.1. The van der Waals surface area contributed by atoms with Gasteiger partial charge >= 0.3 is 0 Å². The van der Waals surface area contributed by atoms with Crippen molar-refractivity contribution < 1.29 is 9.84 Å². The van der Waals surface area contributed by atoms with Crippen molar-refractivity contribution in [2.45, 2.75) is 13.0 Å². The zero-order chi connectivity index (χ0) is 22.9. The molecule has 1 fully saturated rings. The van der Waals surface area contributed by atoms with Gasteiger partial charge in [-0.25, -0.2) is 0 Å². The lowest BCUT2D eigenvalue weighted by atomic mass is 9.94. The molecule has 0 spiro atoms. The van der Waals surface area contributed by atoms with Crippen molar-refractivity contribution in [2.75, 3.05) is 49.6 Å². The number of ether oxygens (including phenoxy) is 1. The highest BCUT2D eigenvalue weighted by Crippen LogP contribution is 2.40. The Morgan fingerprint density at radius 3 is 2.70 bits per heavy atom. The molecule has 1 saturated heterocycles. The number of nitrogens with one attached hydrogen (secondary N) is 1. The lowest BCUT2D eigenvalue weighted by Crippen LogP contribution is -2.45. The van der Waals surface area contributed by atoms with Crippen LogP contribution in [0.5, 0.6) is 11.6 Å². The normalized spacial score (nSPS) is 15.6. The zero-order valence-electron chi connectivity index (χ0n) is 18.6. The maximum absolute atomic E-state index is 10.4. The van der Waals surface area contributed by atoms with Crippen molar-refractivity contribution in [3.8, 4) is 30.0 Å². The molecule has 0 radical (unpaired) electrons. The predicted molar refractivity (Wildman–Crippen MR) is 129 cm³/mol. The Balaban J connectivity index is 1.65. The number of nitriles is 1. The van der Waals surface area contributed by atoms with Gasteiger partial charge in [-0.05, 0) is 23.9 Å².